The number of carboxylic acids is 1. The zero-order valence-electron chi connectivity index (χ0n) is 7.45. The molecule has 0 bridgehead atoms. The lowest BCUT2D eigenvalue weighted by atomic mass is 10.3. The van der Waals surface area contributed by atoms with Crippen molar-refractivity contribution in [2.24, 2.45) is 0 Å². The van der Waals surface area contributed by atoms with Crippen LogP contribution >= 0.6 is 0 Å². The van der Waals surface area contributed by atoms with Crippen molar-refractivity contribution in [2.75, 3.05) is 0 Å². The molecule has 0 fully saturated rings. The first kappa shape index (κ1) is 13.7. The number of aliphatic hydroxyl groups excluding tert-OH is 1. The van der Waals surface area contributed by atoms with Gasteiger partial charge in [0, 0.05) is 5.57 Å². The lowest BCUT2D eigenvalue weighted by molar-refractivity contribution is -0.132. The largest absolute Gasteiger partial charge is 0.478 e. The Bertz CT molecular complexity index is 128. The number of carboxylic acid groups (broad SMARTS) is 1. The third kappa shape index (κ3) is 16.1. The summed E-state index contributed by atoms with van der Waals surface area (Å²) in [5.74, 6) is -0.935. The maximum atomic E-state index is 9.60. The molecule has 0 spiro atoms. The first-order valence-electron chi connectivity index (χ1n) is 3.66. The molecule has 0 atom stereocenters. The van der Waals surface area contributed by atoms with E-state index in [1.54, 1.807) is 0 Å². The van der Waals surface area contributed by atoms with E-state index < -0.39 is 12.3 Å². The van der Waals surface area contributed by atoms with Gasteiger partial charge in [0.2, 0.25) is 0 Å². The third-order valence-electron chi connectivity index (χ3n) is 0.912. The van der Waals surface area contributed by atoms with Gasteiger partial charge in [0.05, 0.1) is 0 Å². The minimum Gasteiger partial charge on any atom is -0.478 e. The fraction of sp³-hybridized carbons (Fsp3) is 0.625. The number of rotatable bonds is 3. The van der Waals surface area contributed by atoms with E-state index in [1.807, 2.05) is 6.92 Å². The summed E-state index contributed by atoms with van der Waals surface area (Å²) < 4.78 is 0. The van der Waals surface area contributed by atoms with Gasteiger partial charge in [-0.3, -0.25) is 0 Å². The predicted molar refractivity (Wildman–Crippen MR) is 45.6 cm³/mol. The monoisotopic (exact) mass is 176 g/mol. The molecule has 0 aliphatic carbocycles. The van der Waals surface area contributed by atoms with E-state index in [9.17, 15) is 4.79 Å². The summed E-state index contributed by atoms with van der Waals surface area (Å²) >= 11 is 0. The lowest BCUT2D eigenvalue weighted by Crippen LogP contribution is -2.01. The zero-order valence-corrected chi connectivity index (χ0v) is 7.45. The van der Waals surface area contributed by atoms with Gasteiger partial charge in [-0.05, 0) is 13.3 Å². The number of aliphatic hydroxyl groups is 2. The molecule has 0 rings (SSSR count). The summed E-state index contributed by atoms with van der Waals surface area (Å²) in [5.41, 5.74) is 0.176. The molecule has 0 aromatic heterocycles. The minimum atomic E-state index is -1.10. The van der Waals surface area contributed by atoms with Gasteiger partial charge in [-0.2, -0.15) is 0 Å². The number of hydrogen-bond acceptors (Lipinski definition) is 3. The molecule has 0 aromatic carbocycles. The average Bonchev–Trinajstić information content (AvgIpc) is 1.87. The van der Waals surface area contributed by atoms with Crippen LogP contribution < -0.4 is 0 Å². The Morgan fingerprint density at radius 1 is 1.50 bits per heavy atom. The third-order valence-corrected chi connectivity index (χ3v) is 0.912. The van der Waals surface area contributed by atoms with Crippen molar-refractivity contribution >= 4 is 5.97 Å². The van der Waals surface area contributed by atoms with Crippen molar-refractivity contribution in [1.82, 2.24) is 0 Å². The first-order chi connectivity index (χ1) is 5.41. The Labute approximate surface area is 72.2 Å². The second-order valence-corrected chi connectivity index (χ2v) is 2.35. The van der Waals surface area contributed by atoms with Crippen LogP contribution in [0.1, 0.15) is 26.7 Å². The van der Waals surface area contributed by atoms with E-state index in [4.69, 9.17) is 15.3 Å². The normalized spacial score (nSPS) is 8.75. The summed E-state index contributed by atoms with van der Waals surface area (Å²) in [7, 11) is 0. The lowest BCUT2D eigenvalue weighted by Gasteiger charge is -1.94. The molecule has 0 amide bonds. The Morgan fingerprint density at radius 2 is 1.83 bits per heavy atom. The highest BCUT2D eigenvalue weighted by molar-refractivity contribution is 5.84. The molecule has 0 heterocycles. The maximum Gasteiger partial charge on any atom is 0.330 e. The Balaban J connectivity index is 0. The smallest absolute Gasteiger partial charge is 0.330 e. The van der Waals surface area contributed by atoms with Gasteiger partial charge >= 0.3 is 5.97 Å². The topological polar surface area (TPSA) is 77.8 Å². The minimum absolute atomic E-state index is 0.176. The molecule has 0 aromatic rings. The average molecular weight is 176 g/mol. The molecule has 3 N–H and O–H groups in total. The zero-order chi connectivity index (χ0) is 10.1. The fourth-order valence-corrected chi connectivity index (χ4v) is 0.258. The van der Waals surface area contributed by atoms with Crippen molar-refractivity contribution in [3.63, 3.8) is 0 Å². The predicted octanol–water partition coefficient (Wildman–Crippen LogP) is 0.744. The quantitative estimate of drug-likeness (QED) is 0.438. The van der Waals surface area contributed by atoms with Crippen LogP contribution in [0.25, 0.3) is 0 Å². The number of aliphatic carboxylic acids is 1. The molecule has 0 saturated heterocycles. The summed E-state index contributed by atoms with van der Waals surface area (Å²) in [6.45, 7) is 6.50. The molecule has 0 aliphatic heterocycles. The highest BCUT2D eigenvalue weighted by Gasteiger charge is 1.90. The number of carbonyl (C=O) groups is 1. The molecule has 4 nitrogen and oxygen atoms in total. The van der Waals surface area contributed by atoms with Gasteiger partial charge in [0.1, 0.15) is 0 Å². The van der Waals surface area contributed by atoms with Crippen molar-refractivity contribution in [3.05, 3.63) is 12.2 Å². The van der Waals surface area contributed by atoms with E-state index in [0.717, 1.165) is 6.42 Å². The molecule has 12 heavy (non-hydrogen) atoms. The second-order valence-electron chi connectivity index (χ2n) is 2.35. The van der Waals surface area contributed by atoms with Crippen LogP contribution in [0, 0.1) is 0 Å². The van der Waals surface area contributed by atoms with Gasteiger partial charge in [0.15, 0.2) is 6.29 Å². The molecule has 0 unspecified atom stereocenters. The van der Waals surface area contributed by atoms with Gasteiger partial charge in [0.25, 0.3) is 0 Å². The molecule has 0 aliphatic rings. The van der Waals surface area contributed by atoms with Crippen LogP contribution in [0.5, 0.6) is 0 Å². The Kier molecular flexibility index (Phi) is 9.40. The van der Waals surface area contributed by atoms with Crippen LogP contribution in [0.2, 0.25) is 0 Å². The van der Waals surface area contributed by atoms with Crippen molar-refractivity contribution < 1.29 is 20.1 Å². The fourth-order valence-electron chi connectivity index (χ4n) is 0.258. The second kappa shape index (κ2) is 8.23. The van der Waals surface area contributed by atoms with E-state index in [0.29, 0.717) is 6.42 Å². The first-order valence-corrected chi connectivity index (χ1v) is 3.66. The molecule has 4 heteroatoms. The Hall–Kier alpha value is -0.870. The molecule has 72 valence electrons. The van der Waals surface area contributed by atoms with E-state index >= 15 is 0 Å². The van der Waals surface area contributed by atoms with Gasteiger partial charge in [-0.1, -0.05) is 19.9 Å². The van der Waals surface area contributed by atoms with Crippen LogP contribution in [0.4, 0.5) is 0 Å². The molecule has 0 saturated carbocycles. The standard InChI is InChI=1S/C4H6O2.C4H10O2/c1-3(2)4(5)6;1-2-3-4(5)6/h1H2,2H3,(H,5,6);4-6H,2-3H2,1H3. The van der Waals surface area contributed by atoms with E-state index in [2.05, 4.69) is 6.58 Å². The Morgan fingerprint density at radius 3 is 1.83 bits per heavy atom. The molecular formula is C8H16O4. The van der Waals surface area contributed by atoms with Crippen LogP contribution in [-0.4, -0.2) is 27.6 Å². The van der Waals surface area contributed by atoms with Crippen LogP contribution in [0.15, 0.2) is 12.2 Å². The highest BCUT2D eigenvalue weighted by atomic mass is 16.5. The highest BCUT2D eigenvalue weighted by Crippen LogP contribution is 1.88. The summed E-state index contributed by atoms with van der Waals surface area (Å²) in [5, 5.41) is 24.1. The van der Waals surface area contributed by atoms with Gasteiger partial charge in [-0.15, -0.1) is 0 Å². The summed E-state index contributed by atoms with van der Waals surface area (Å²) in [4.78, 5) is 9.60. The van der Waals surface area contributed by atoms with Crippen molar-refractivity contribution in [2.45, 2.75) is 33.0 Å². The van der Waals surface area contributed by atoms with Crippen LogP contribution in [-0.2, 0) is 4.79 Å². The maximum absolute atomic E-state index is 9.60. The summed E-state index contributed by atoms with van der Waals surface area (Å²) in [6, 6.07) is 0. The van der Waals surface area contributed by atoms with Gasteiger partial charge < -0.3 is 15.3 Å². The summed E-state index contributed by atoms with van der Waals surface area (Å²) in [6.07, 6.45) is 0.215. The van der Waals surface area contributed by atoms with Crippen LogP contribution in [0.3, 0.4) is 0 Å². The molecular weight excluding hydrogens is 160 g/mol. The van der Waals surface area contributed by atoms with Gasteiger partial charge in [-0.25, -0.2) is 4.79 Å². The van der Waals surface area contributed by atoms with E-state index in [-0.39, 0.29) is 5.57 Å². The SMILES string of the molecule is C=C(C)C(=O)O.CCCC(O)O. The van der Waals surface area contributed by atoms with Crippen molar-refractivity contribution in [3.8, 4) is 0 Å². The molecule has 0 radical (unpaired) electrons. The number of hydrogen-bond donors (Lipinski definition) is 3. The van der Waals surface area contributed by atoms with E-state index in [1.165, 1.54) is 6.92 Å². The van der Waals surface area contributed by atoms with Crippen molar-refractivity contribution in [1.29, 1.82) is 0 Å².